The second-order valence-electron chi connectivity index (χ2n) is 6.27. The molecule has 0 heterocycles. The number of nitrogens with zero attached hydrogens (tertiary/aromatic N) is 3. The minimum atomic E-state index is -0.482. The lowest BCUT2D eigenvalue weighted by molar-refractivity contribution is -0.384. The molecule has 2 rings (SSSR count). The molecule has 0 amide bonds. The third-order valence-corrected chi connectivity index (χ3v) is 3.44. The Balaban J connectivity index is 2.39. The summed E-state index contributed by atoms with van der Waals surface area (Å²) >= 11 is 0. The Morgan fingerprint density at radius 2 is 1.75 bits per heavy atom. The molecule has 1 N–H and O–H groups in total. The number of phenols is 1. The van der Waals surface area contributed by atoms with Crippen LogP contribution < -0.4 is 4.74 Å². The molecule has 0 bridgehead atoms. The van der Waals surface area contributed by atoms with Gasteiger partial charge in [-0.2, -0.15) is 5.11 Å². The van der Waals surface area contributed by atoms with Gasteiger partial charge in [0.15, 0.2) is 0 Å². The molecular formula is C17H19N3O4. The maximum atomic E-state index is 10.6. The van der Waals surface area contributed by atoms with E-state index in [-0.39, 0.29) is 22.5 Å². The van der Waals surface area contributed by atoms with Crippen molar-refractivity contribution in [3.8, 4) is 11.5 Å². The maximum Gasteiger partial charge on any atom is 0.269 e. The van der Waals surface area contributed by atoms with Crippen molar-refractivity contribution in [2.75, 3.05) is 7.11 Å². The Labute approximate surface area is 139 Å². The number of non-ortho nitro benzene ring substituents is 1. The molecule has 0 aliphatic heterocycles. The fourth-order valence-corrected chi connectivity index (χ4v) is 2.11. The van der Waals surface area contributed by atoms with Crippen molar-refractivity contribution in [2.45, 2.75) is 26.2 Å². The largest absolute Gasteiger partial charge is 0.505 e. The number of aromatic hydroxyl groups is 1. The van der Waals surface area contributed by atoms with Crippen molar-refractivity contribution < 1.29 is 14.8 Å². The SMILES string of the molecule is COc1cc(N=Nc2ccc([N+](=O)[O-])cc2)c(O)c(C(C)(C)C)c1. The van der Waals surface area contributed by atoms with Gasteiger partial charge < -0.3 is 9.84 Å². The number of nitro groups is 1. The first kappa shape index (κ1) is 17.4. The van der Waals surface area contributed by atoms with Crippen molar-refractivity contribution in [1.29, 1.82) is 0 Å². The molecule has 126 valence electrons. The normalized spacial score (nSPS) is 11.7. The van der Waals surface area contributed by atoms with Crippen molar-refractivity contribution in [2.24, 2.45) is 10.2 Å². The van der Waals surface area contributed by atoms with E-state index in [1.807, 2.05) is 20.8 Å². The van der Waals surface area contributed by atoms with Gasteiger partial charge in [0.25, 0.3) is 5.69 Å². The average Bonchev–Trinajstić information content (AvgIpc) is 2.53. The molecule has 0 radical (unpaired) electrons. The number of hydrogen-bond donors (Lipinski definition) is 1. The van der Waals surface area contributed by atoms with E-state index < -0.39 is 4.92 Å². The Bertz CT molecular complexity index is 778. The highest BCUT2D eigenvalue weighted by molar-refractivity contribution is 5.61. The van der Waals surface area contributed by atoms with Gasteiger partial charge in [-0.1, -0.05) is 20.8 Å². The summed E-state index contributed by atoms with van der Waals surface area (Å²) in [7, 11) is 1.54. The summed E-state index contributed by atoms with van der Waals surface area (Å²) in [5.74, 6) is 0.601. The summed E-state index contributed by atoms with van der Waals surface area (Å²) < 4.78 is 5.25. The highest BCUT2D eigenvalue weighted by Gasteiger charge is 2.22. The van der Waals surface area contributed by atoms with Crippen molar-refractivity contribution >= 4 is 17.1 Å². The topological polar surface area (TPSA) is 97.3 Å². The molecule has 0 saturated carbocycles. The van der Waals surface area contributed by atoms with Gasteiger partial charge in [-0.05, 0) is 23.6 Å². The van der Waals surface area contributed by atoms with Gasteiger partial charge in [0.05, 0.1) is 17.7 Å². The van der Waals surface area contributed by atoms with E-state index in [1.54, 1.807) is 12.1 Å². The van der Waals surface area contributed by atoms with Crippen LogP contribution in [0.25, 0.3) is 0 Å². The first-order valence-corrected chi connectivity index (χ1v) is 7.30. The number of azo groups is 1. The molecule has 2 aromatic rings. The number of rotatable bonds is 4. The lowest BCUT2D eigenvalue weighted by atomic mass is 9.86. The molecule has 0 unspecified atom stereocenters. The zero-order valence-electron chi connectivity index (χ0n) is 14.0. The van der Waals surface area contributed by atoms with Gasteiger partial charge in [-0.15, -0.1) is 5.11 Å². The van der Waals surface area contributed by atoms with Crippen molar-refractivity contribution in [3.05, 3.63) is 52.1 Å². The van der Waals surface area contributed by atoms with Crippen LogP contribution in [-0.2, 0) is 5.41 Å². The van der Waals surface area contributed by atoms with Crippen LogP contribution in [0.4, 0.5) is 17.1 Å². The fourth-order valence-electron chi connectivity index (χ4n) is 2.11. The first-order valence-electron chi connectivity index (χ1n) is 7.30. The third-order valence-electron chi connectivity index (χ3n) is 3.44. The van der Waals surface area contributed by atoms with Gasteiger partial charge >= 0.3 is 0 Å². The lowest BCUT2D eigenvalue weighted by Crippen LogP contribution is -2.11. The molecule has 0 aromatic heterocycles. The van der Waals surface area contributed by atoms with E-state index >= 15 is 0 Å². The number of phenolic OH excluding ortho intramolecular Hbond substituents is 1. The number of benzene rings is 2. The summed E-state index contributed by atoms with van der Waals surface area (Å²) in [4.78, 5) is 10.2. The molecule has 24 heavy (non-hydrogen) atoms. The highest BCUT2D eigenvalue weighted by Crippen LogP contribution is 2.41. The highest BCUT2D eigenvalue weighted by atomic mass is 16.6. The summed E-state index contributed by atoms with van der Waals surface area (Å²) in [5, 5.41) is 29.2. The van der Waals surface area contributed by atoms with E-state index in [4.69, 9.17) is 4.74 Å². The van der Waals surface area contributed by atoms with E-state index in [9.17, 15) is 15.2 Å². The number of hydrogen-bond acceptors (Lipinski definition) is 6. The predicted molar refractivity (Wildman–Crippen MR) is 90.6 cm³/mol. The number of ether oxygens (including phenoxy) is 1. The second kappa shape index (κ2) is 6.66. The smallest absolute Gasteiger partial charge is 0.269 e. The van der Waals surface area contributed by atoms with Gasteiger partial charge in [0.1, 0.15) is 17.2 Å². The van der Waals surface area contributed by atoms with E-state index in [1.165, 1.54) is 31.4 Å². The quantitative estimate of drug-likeness (QED) is 0.483. The maximum absolute atomic E-state index is 10.6. The lowest BCUT2D eigenvalue weighted by Gasteiger charge is -2.21. The van der Waals surface area contributed by atoms with Crippen LogP contribution in [0.5, 0.6) is 11.5 Å². The van der Waals surface area contributed by atoms with Crippen LogP contribution in [0.1, 0.15) is 26.3 Å². The van der Waals surface area contributed by atoms with Crippen LogP contribution in [0.2, 0.25) is 0 Å². The molecule has 2 aromatic carbocycles. The van der Waals surface area contributed by atoms with Gasteiger partial charge in [0.2, 0.25) is 0 Å². The second-order valence-corrected chi connectivity index (χ2v) is 6.27. The molecule has 0 spiro atoms. The van der Waals surface area contributed by atoms with Crippen molar-refractivity contribution in [3.63, 3.8) is 0 Å². The zero-order valence-corrected chi connectivity index (χ0v) is 14.0. The van der Waals surface area contributed by atoms with E-state index in [0.717, 1.165) is 0 Å². The number of nitro benzene ring substituents is 1. The summed E-state index contributed by atoms with van der Waals surface area (Å²) in [5.41, 5.74) is 1.10. The van der Waals surface area contributed by atoms with E-state index in [0.29, 0.717) is 17.0 Å². The van der Waals surface area contributed by atoms with Crippen LogP contribution in [0, 0.1) is 10.1 Å². The summed E-state index contributed by atoms with van der Waals surface area (Å²) in [6.07, 6.45) is 0. The molecule has 0 aliphatic rings. The van der Waals surface area contributed by atoms with Gasteiger partial charge in [-0.3, -0.25) is 10.1 Å². The Morgan fingerprint density at radius 3 is 2.25 bits per heavy atom. The average molecular weight is 329 g/mol. The standard InChI is InChI=1S/C17H19N3O4/c1-17(2,3)14-9-13(24-4)10-15(16(14)21)19-18-11-5-7-12(8-6-11)20(22)23/h5-10,21H,1-4H3. The van der Waals surface area contributed by atoms with Crippen molar-refractivity contribution in [1.82, 2.24) is 0 Å². The third kappa shape index (κ3) is 3.87. The minimum Gasteiger partial charge on any atom is -0.505 e. The van der Waals surface area contributed by atoms with Crippen LogP contribution in [0.15, 0.2) is 46.6 Å². The zero-order chi connectivity index (χ0) is 17.9. The Hall–Kier alpha value is -2.96. The summed E-state index contributed by atoms with van der Waals surface area (Å²) in [6.45, 7) is 5.91. The molecule has 0 fully saturated rings. The van der Waals surface area contributed by atoms with E-state index in [2.05, 4.69) is 10.2 Å². The molecular weight excluding hydrogens is 310 g/mol. The van der Waals surface area contributed by atoms with Gasteiger partial charge in [0, 0.05) is 23.8 Å². The first-order chi connectivity index (χ1) is 11.2. The molecule has 7 heteroatoms. The predicted octanol–water partition coefficient (Wildman–Crippen LogP) is 5.02. The number of methoxy groups -OCH3 is 1. The molecule has 0 aliphatic carbocycles. The molecule has 7 nitrogen and oxygen atoms in total. The van der Waals surface area contributed by atoms with Crippen LogP contribution >= 0.6 is 0 Å². The molecule has 0 saturated heterocycles. The monoisotopic (exact) mass is 329 g/mol. The van der Waals surface area contributed by atoms with Crippen LogP contribution in [-0.4, -0.2) is 17.1 Å². The van der Waals surface area contributed by atoms with Crippen LogP contribution in [0.3, 0.4) is 0 Å². The Kier molecular flexibility index (Phi) is 4.82. The summed E-state index contributed by atoms with van der Waals surface area (Å²) in [6, 6.07) is 9.02. The Morgan fingerprint density at radius 1 is 1.12 bits per heavy atom. The molecule has 0 atom stereocenters. The minimum absolute atomic E-state index is 0.0202. The van der Waals surface area contributed by atoms with Gasteiger partial charge in [-0.25, -0.2) is 0 Å². The fraction of sp³-hybridized carbons (Fsp3) is 0.294.